The molecule has 5 nitrogen and oxygen atoms in total. The van der Waals surface area contributed by atoms with E-state index in [2.05, 4.69) is 0 Å². The highest BCUT2D eigenvalue weighted by molar-refractivity contribution is 7.90. The van der Waals surface area contributed by atoms with E-state index >= 15 is 0 Å². The first-order valence-corrected chi connectivity index (χ1v) is 7.57. The fraction of sp³-hybridized carbons (Fsp3) is 0.900. The van der Waals surface area contributed by atoms with Gasteiger partial charge in [0.15, 0.2) is 0 Å². The van der Waals surface area contributed by atoms with E-state index in [1.807, 2.05) is 6.92 Å². The van der Waals surface area contributed by atoms with Crippen molar-refractivity contribution in [3.63, 3.8) is 0 Å². The molecular formula is C10H20N2O3S. The minimum atomic E-state index is -3.06. The maximum atomic E-state index is 11.8. The molecule has 1 saturated heterocycles. The molecular weight excluding hydrogens is 228 g/mol. The second kappa shape index (κ2) is 5.14. The fourth-order valence-electron chi connectivity index (χ4n) is 2.08. The monoisotopic (exact) mass is 248 g/mol. The molecule has 1 fully saturated rings. The third-order valence-corrected chi connectivity index (χ3v) is 3.95. The molecule has 6 heteroatoms. The molecule has 2 unspecified atom stereocenters. The van der Waals surface area contributed by atoms with Crippen LogP contribution in [0.5, 0.6) is 0 Å². The number of sulfone groups is 1. The van der Waals surface area contributed by atoms with Gasteiger partial charge in [-0.05, 0) is 25.8 Å². The van der Waals surface area contributed by atoms with Gasteiger partial charge in [-0.25, -0.2) is 8.42 Å². The van der Waals surface area contributed by atoms with E-state index in [0.717, 1.165) is 12.7 Å². The summed E-state index contributed by atoms with van der Waals surface area (Å²) in [7, 11) is -3.06. The lowest BCUT2D eigenvalue weighted by molar-refractivity contribution is -0.131. The maximum absolute atomic E-state index is 11.8. The van der Waals surface area contributed by atoms with Crippen LogP contribution < -0.4 is 5.73 Å². The van der Waals surface area contributed by atoms with Gasteiger partial charge in [-0.15, -0.1) is 0 Å². The Hall–Kier alpha value is -0.620. The Kier molecular flexibility index (Phi) is 4.32. The van der Waals surface area contributed by atoms with Crippen LogP contribution in [0.3, 0.4) is 0 Å². The number of hydrogen-bond acceptors (Lipinski definition) is 4. The zero-order valence-electron chi connectivity index (χ0n) is 9.85. The summed E-state index contributed by atoms with van der Waals surface area (Å²) in [5, 5.41) is 0. The van der Waals surface area contributed by atoms with Crippen molar-refractivity contribution in [1.82, 2.24) is 4.90 Å². The number of hydrogen-bond donors (Lipinski definition) is 1. The summed E-state index contributed by atoms with van der Waals surface area (Å²) in [6.45, 7) is 3.23. The van der Waals surface area contributed by atoms with E-state index in [1.54, 1.807) is 4.90 Å². The number of nitrogens with two attached hydrogens (primary N) is 1. The second-order valence-electron chi connectivity index (χ2n) is 4.61. The fourth-order valence-corrected chi connectivity index (χ4v) is 2.62. The van der Waals surface area contributed by atoms with Crippen LogP contribution in [0, 0.1) is 5.92 Å². The zero-order chi connectivity index (χ0) is 12.3. The summed E-state index contributed by atoms with van der Waals surface area (Å²) >= 11 is 0. The SMILES string of the molecule is CC1CC(CN)CN1C(=O)CCS(C)(=O)=O. The van der Waals surface area contributed by atoms with Crippen LogP contribution >= 0.6 is 0 Å². The third-order valence-electron chi connectivity index (χ3n) is 3.00. The van der Waals surface area contributed by atoms with Crippen molar-refractivity contribution >= 4 is 15.7 Å². The van der Waals surface area contributed by atoms with Gasteiger partial charge in [-0.3, -0.25) is 4.79 Å². The molecule has 94 valence electrons. The van der Waals surface area contributed by atoms with Gasteiger partial charge in [0, 0.05) is 25.3 Å². The first-order valence-electron chi connectivity index (χ1n) is 5.50. The number of likely N-dealkylation sites (tertiary alicyclic amines) is 1. The molecule has 0 aromatic rings. The Morgan fingerprint density at radius 2 is 2.12 bits per heavy atom. The second-order valence-corrected chi connectivity index (χ2v) is 6.87. The molecule has 16 heavy (non-hydrogen) atoms. The van der Waals surface area contributed by atoms with E-state index in [9.17, 15) is 13.2 Å². The van der Waals surface area contributed by atoms with Gasteiger partial charge in [0.1, 0.15) is 9.84 Å². The molecule has 1 aliphatic rings. The van der Waals surface area contributed by atoms with Crippen molar-refractivity contribution in [3.05, 3.63) is 0 Å². The topological polar surface area (TPSA) is 80.5 Å². The van der Waals surface area contributed by atoms with Crippen molar-refractivity contribution in [1.29, 1.82) is 0 Å². The molecule has 1 aliphatic heterocycles. The molecule has 2 atom stereocenters. The lowest BCUT2D eigenvalue weighted by atomic mass is 10.1. The van der Waals surface area contributed by atoms with Crippen LogP contribution in [0.25, 0.3) is 0 Å². The molecule has 0 saturated carbocycles. The molecule has 0 bridgehead atoms. The molecule has 1 heterocycles. The largest absolute Gasteiger partial charge is 0.340 e. The molecule has 0 aliphatic carbocycles. The normalized spacial score (nSPS) is 26.1. The number of carbonyl (C=O) groups is 1. The lowest BCUT2D eigenvalue weighted by Gasteiger charge is -2.21. The van der Waals surface area contributed by atoms with Crippen molar-refractivity contribution < 1.29 is 13.2 Å². The van der Waals surface area contributed by atoms with Crippen LogP contribution in [0.1, 0.15) is 19.8 Å². The third kappa shape index (κ3) is 3.75. The molecule has 0 aromatic heterocycles. The van der Waals surface area contributed by atoms with Crippen LogP contribution in [0.4, 0.5) is 0 Å². The van der Waals surface area contributed by atoms with Gasteiger partial charge in [0.2, 0.25) is 5.91 Å². The van der Waals surface area contributed by atoms with Crippen LogP contribution in [0.15, 0.2) is 0 Å². The molecule has 1 rings (SSSR count). The van der Waals surface area contributed by atoms with Crippen LogP contribution in [-0.2, 0) is 14.6 Å². The minimum absolute atomic E-state index is 0.0671. The average Bonchev–Trinajstić information content (AvgIpc) is 2.55. The Bertz CT molecular complexity index is 353. The van der Waals surface area contributed by atoms with Crippen LogP contribution in [-0.4, -0.2) is 50.4 Å². The van der Waals surface area contributed by atoms with Gasteiger partial charge in [-0.1, -0.05) is 0 Å². The summed E-state index contributed by atoms with van der Waals surface area (Å²) < 4.78 is 21.9. The van der Waals surface area contributed by atoms with Crippen molar-refractivity contribution in [2.75, 3.05) is 25.1 Å². The van der Waals surface area contributed by atoms with E-state index < -0.39 is 9.84 Å². The standard InChI is InChI=1S/C10H20N2O3S/c1-8-5-9(6-11)7-12(8)10(13)3-4-16(2,14)15/h8-9H,3-7,11H2,1-2H3. The van der Waals surface area contributed by atoms with E-state index in [-0.39, 0.29) is 24.1 Å². The zero-order valence-corrected chi connectivity index (χ0v) is 10.7. The van der Waals surface area contributed by atoms with Crippen LogP contribution in [0.2, 0.25) is 0 Å². The predicted molar refractivity (Wildman–Crippen MR) is 62.7 cm³/mol. The summed E-state index contributed by atoms with van der Waals surface area (Å²) in [6, 6.07) is 0.181. The van der Waals surface area contributed by atoms with E-state index in [0.29, 0.717) is 19.0 Å². The smallest absolute Gasteiger partial charge is 0.223 e. The van der Waals surface area contributed by atoms with Gasteiger partial charge >= 0.3 is 0 Å². The highest BCUT2D eigenvalue weighted by Crippen LogP contribution is 2.22. The Labute approximate surface area is 96.9 Å². The minimum Gasteiger partial charge on any atom is -0.340 e. The summed E-state index contributed by atoms with van der Waals surface area (Å²) in [5.74, 6) is 0.216. The molecule has 1 amide bonds. The van der Waals surface area contributed by atoms with E-state index in [1.165, 1.54) is 0 Å². The van der Waals surface area contributed by atoms with Gasteiger partial charge in [-0.2, -0.15) is 0 Å². The summed E-state index contributed by atoms with van der Waals surface area (Å²) in [4.78, 5) is 13.5. The van der Waals surface area contributed by atoms with E-state index in [4.69, 9.17) is 5.73 Å². The number of carbonyl (C=O) groups excluding carboxylic acids is 1. The molecule has 2 N–H and O–H groups in total. The Morgan fingerprint density at radius 3 is 2.56 bits per heavy atom. The number of rotatable bonds is 4. The van der Waals surface area contributed by atoms with Crippen molar-refractivity contribution in [3.8, 4) is 0 Å². The lowest BCUT2D eigenvalue weighted by Crippen LogP contribution is -2.35. The average molecular weight is 248 g/mol. The quantitative estimate of drug-likeness (QED) is 0.735. The first-order chi connectivity index (χ1) is 7.33. The summed E-state index contributed by atoms with van der Waals surface area (Å²) in [6.07, 6.45) is 2.15. The molecule has 0 spiro atoms. The van der Waals surface area contributed by atoms with Gasteiger partial charge in [0.25, 0.3) is 0 Å². The van der Waals surface area contributed by atoms with Crippen molar-refractivity contribution in [2.45, 2.75) is 25.8 Å². The Balaban J connectivity index is 2.49. The highest BCUT2D eigenvalue weighted by Gasteiger charge is 2.31. The first kappa shape index (κ1) is 13.4. The van der Waals surface area contributed by atoms with Crippen molar-refractivity contribution in [2.24, 2.45) is 11.7 Å². The molecule has 0 radical (unpaired) electrons. The maximum Gasteiger partial charge on any atom is 0.223 e. The van der Waals surface area contributed by atoms with Gasteiger partial charge < -0.3 is 10.6 Å². The summed E-state index contributed by atoms with van der Waals surface area (Å²) in [5.41, 5.74) is 5.57. The highest BCUT2D eigenvalue weighted by atomic mass is 32.2. The number of nitrogens with zero attached hydrogens (tertiary/aromatic N) is 1. The van der Waals surface area contributed by atoms with Gasteiger partial charge in [0.05, 0.1) is 5.75 Å². The predicted octanol–water partition coefficient (Wildman–Crippen LogP) is -0.383. The Morgan fingerprint density at radius 1 is 1.50 bits per heavy atom. The molecule has 0 aromatic carbocycles. The number of amides is 1.